The Morgan fingerprint density at radius 3 is 2.33 bits per heavy atom. The van der Waals surface area contributed by atoms with E-state index in [1.165, 1.54) is 5.57 Å². The summed E-state index contributed by atoms with van der Waals surface area (Å²) in [6.45, 7) is 13.9. The number of nitrogens with zero attached hydrogens (tertiary/aromatic N) is 1. The molecule has 1 heterocycles. The molecule has 12 heavy (non-hydrogen) atoms. The van der Waals surface area contributed by atoms with E-state index in [1.54, 1.807) is 0 Å². The maximum absolute atomic E-state index is 3.94. The zero-order valence-corrected chi connectivity index (χ0v) is 8.43. The van der Waals surface area contributed by atoms with E-state index in [0.29, 0.717) is 12.1 Å². The number of piperazine rings is 1. The molecule has 1 N–H and O–H groups in total. The van der Waals surface area contributed by atoms with Crippen LogP contribution in [0.1, 0.15) is 20.8 Å². The molecule has 2 heteroatoms. The van der Waals surface area contributed by atoms with Crippen LogP contribution in [-0.2, 0) is 0 Å². The van der Waals surface area contributed by atoms with Gasteiger partial charge < -0.3 is 5.32 Å². The summed E-state index contributed by atoms with van der Waals surface area (Å²) < 4.78 is 0. The molecule has 0 spiro atoms. The highest BCUT2D eigenvalue weighted by Gasteiger charge is 2.19. The van der Waals surface area contributed by atoms with Gasteiger partial charge in [-0.05, 0) is 20.8 Å². The minimum atomic E-state index is 0.619. The molecular weight excluding hydrogens is 148 g/mol. The summed E-state index contributed by atoms with van der Waals surface area (Å²) >= 11 is 0. The van der Waals surface area contributed by atoms with E-state index in [9.17, 15) is 0 Å². The van der Waals surface area contributed by atoms with E-state index < -0.39 is 0 Å². The van der Waals surface area contributed by atoms with Crippen molar-refractivity contribution in [3.05, 3.63) is 12.2 Å². The van der Waals surface area contributed by atoms with Crippen molar-refractivity contribution in [1.29, 1.82) is 0 Å². The average molecular weight is 168 g/mol. The maximum Gasteiger partial charge on any atom is 0.0188 e. The van der Waals surface area contributed by atoms with Gasteiger partial charge in [-0.2, -0.15) is 0 Å². The highest BCUT2D eigenvalue weighted by Crippen LogP contribution is 2.05. The van der Waals surface area contributed by atoms with Gasteiger partial charge in [-0.3, -0.25) is 4.90 Å². The Hall–Kier alpha value is -0.340. The fraction of sp³-hybridized carbons (Fsp3) is 0.800. The van der Waals surface area contributed by atoms with Crippen LogP contribution < -0.4 is 5.32 Å². The predicted octanol–water partition coefficient (Wildman–Crippen LogP) is 1.24. The molecule has 1 saturated heterocycles. The lowest BCUT2D eigenvalue weighted by Crippen LogP contribution is -2.54. The third-order valence-electron chi connectivity index (χ3n) is 2.13. The fourth-order valence-electron chi connectivity index (χ4n) is 1.95. The molecular formula is C10H20N2. The van der Waals surface area contributed by atoms with Crippen LogP contribution in [-0.4, -0.2) is 36.6 Å². The van der Waals surface area contributed by atoms with E-state index in [1.807, 2.05) is 0 Å². The molecule has 1 aliphatic rings. The van der Waals surface area contributed by atoms with Crippen molar-refractivity contribution in [3.8, 4) is 0 Å². The SMILES string of the molecule is C=C(C)CN1CC(C)NC(C)C1. The van der Waals surface area contributed by atoms with Crippen molar-refractivity contribution in [1.82, 2.24) is 10.2 Å². The van der Waals surface area contributed by atoms with E-state index >= 15 is 0 Å². The van der Waals surface area contributed by atoms with E-state index in [0.717, 1.165) is 19.6 Å². The minimum Gasteiger partial charge on any atom is -0.309 e. The lowest BCUT2D eigenvalue weighted by atomic mass is 10.1. The van der Waals surface area contributed by atoms with Crippen molar-refractivity contribution in [2.24, 2.45) is 0 Å². The molecule has 1 fully saturated rings. The number of hydrogen-bond donors (Lipinski definition) is 1. The van der Waals surface area contributed by atoms with Gasteiger partial charge in [0.2, 0.25) is 0 Å². The van der Waals surface area contributed by atoms with Crippen LogP contribution in [0.25, 0.3) is 0 Å². The topological polar surface area (TPSA) is 15.3 Å². The first kappa shape index (κ1) is 9.75. The van der Waals surface area contributed by atoms with Gasteiger partial charge in [0.25, 0.3) is 0 Å². The first-order chi connectivity index (χ1) is 5.58. The van der Waals surface area contributed by atoms with Crippen LogP contribution in [0.3, 0.4) is 0 Å². The first-order valence-corrected chi connectivity index (χ1v) is 4.70. The number of rotatable bonds is 2. The van der Waals surface area contributed by atoms with E-state index in [4.69, 9.17) is 0 Å². The molecule has 0 aromatic rings. The normalized spacial score (nSPS) is 31.9. The van der Waals surface area contributed by atoms with Crippen LogP contribution in [0.2, 0.25) is 0 Å². The average Bonchev–Trinajstić information content (AvgIpc) is 1.81. The number of hydrogen-bond acceptors (Lipinski definition) is 2. The Bertz CT molecular complexity index is 155. The molecule has 0 aliphatic carbocycles. The quantitative estimate of drug-likeness (QED) is 0.624. The monoisotopic (exact) mass is 168 g/mol. The van der Waals surface area contributed by atoms with E-state index in [2.05, 4.69) is 37.6 Å². The van der Waals surface area contributed by atoms with Gasteiger partial charge in [0.15, 0.2) is 0 Å². The van der Waals surface area contributed by atoms with Crippen LogP contribution in [0.15, 0.2) is 12.2 Å². The summed E-state index contributed by atoms with van der Waals surface area (Å²) in [6, 6.07) is 1.24. The van der Waals surface area contributed by atoms with Crippen molar-refractivity contribution < 1.29 is 0 Å². The second kappa shape index (κ2) is 4.06. The Kier molecular flexibility index (Phi) is 3.29. The van der Waals surface area contributed by atoms with Gasteiger partial charge in [-0.1, -0.05) is 12.2 Å². The van der Waals surface area contributed by atoms with Gasteiger partial charge >= 0.3 is 0 Å². The van der Waals surface area contributed by atoms with Crippen molar-refractivity contribution in [2.45, 2.75) is 32.9 Å². The highest BCUT2D eigenvalue weighted by molar-refractivity contribution is 4.94. The molecule has 0 aromatic heterocycles. The summed E-state index contributed by atoms with van der Waals surface area (Å²) in [5.74, 6) is 0. The van der Waals surface area contributed by atoms with Gasteiger partial charge in [0.1, 0.15) is 0 Å². The Balaban J connectivity index is 2.38. The fourth-order valence-corrected chi connectivity index (χ4v) is 1.95. The zero-order chi connectivity index (χ0) is 9.14. The summed E-state index contributed by atoms with van der Waals surface area (Å²) in [6.07, 6.45) is 0. The molecule has 0 saturated carbocycles. The largest absolute Gasteiger partial charge is 0.309 e. The summed E-state index contributed by atoms with van der Waals surface area (Å²) in [5.41, 5.74) is 1.26. The summed E-state index contributed by atoms with van der Waals surface area (Å²) in [5, 5.41) is 3.51. The maximum atomic E-state index is 3.94. The van der Waals surface area contributed by atoms with Gasteiger partial charge in [0, 0.05) is 31.7 Å². The van der Waals surface area contributed by atoms with Gasteiger partial charge in [0.05, 0.1) is 0 Å². The Morgan fingerprint density at radius 2 is 1.92 bits per heavy atom. The molecule has 0 amide bonds. The Morgan fingerprint density at radius 1 is 1.42 bits per heavy atom. The van der Waals surface area contributed by atoms with Crippen LogP contribution in [0.4, 0.5) is 0 Å². The lowest BCUT2D eigenvalue weighted by molar-refractivity contribution is 0.186. The third-order valence-corrected chi connectivity index (χ3v) is 2.13. The van der Waals surface area contributed by atoms with Crippen molar-refractivity contribution in [2.75, 3.05) is 19.6 Å². The van der Waals surface area contributed by atoms with Crippen molar-refractivity contribution >= 4 is 0 Å². The Labute approximate surface area is 75.6 Å². The molecule has 1 aliphatic heterocycles. The van der Waals surface area contributed by atoms with Crippen LogP contribution >= 0.6 is 0 Å². The minimum absolute atomic E-state index is 0.619. The lowest BCUT2D eigenvalue weighted by Gasteiger charge is -2.36. The molecule has 0 aromatic carbocycles. The molecule has 70 valence electrons. The predicted molar refractivity (Wildman–Crippen MR) is 53.3 cm³/mol. The summed E-state index contributed by atoms with van der Waals surface area (Å²) in [7, 11) is 0. The molecule has 2 unspecified atom stereocenters. The van der Waals surface area contributed by atoms with Gasteiger partial charge in [-0.25, -0.2) is 0 Å². The van der Waals surface area contributed by atoms with Crippen molar-refractivity contribution in [3.63, 3.8) is 0 Å². The second-order valence-corrected chi connectivity index (χ2v) is 4.12. The third kappa shape index (κ3) is 2.95. The first-order valence-electron chi connectivity index (χ1n) is 4.70. The molecule has 2 atom stereocenters. The molecule has 0 radical (unpaired) electrons. The zero-order valence-electron chi connectivity index (χ0n) is 8.43. The molecule has 2 nitrogen and oxygen atoms in total. The molecule has 1 rings (SSSR count). The number of nitrogens with one attached hydrogen (secondary N) is 1. The van der Waals surface area contributed by atoms with E-state index in [-0.39, 0.29) is 0 Å². The van der Waals surface area contributed by atoms with Crippen LogP contribution in [0.5, 0.6) is 0 Å². The highest BCUT2D eigenvalue weighted by atomic mass is 15.2. The van der Waals surface area contributed by atoms with Gasteiger partial charge in [-0.15, -0.1) is 0 Å². The smallest absolute Gasteiger partial charge is 0.0188 e. The van der Waals surface area contributed by atoms with Crippen LogP contribution in [0, 0.1) is 0 Å². The molecule has 0 bridgehead atoms. The standard InChI is InChI=1S/C10H20N2/c1-8(2)5-12-6-9(3)11-10(4)7-12/h9-11H,1,5-7H2,2-4H3. The summed E-state index contributed by atoms with van der Waals surface area (Å²) in [4.78, 5) is 2.47. The second-order valence-electron chi connectivity index (χ2n) is 4.12.